The number of nitriles is 1. The maximum Gasteiger partial charge on any atom is 0.343 e. The summed E-state index contributed by atoms with van der Waals surface area (Å²) < 4.78 is 11.0. The molecule has 6 heteroatoms. The molecule has 0 aromatic heterocycles. The van der Waals surface area contributed by atoms with E-state index in [0.717, 1.165) is 5.56 Å². The van der Waals surface area contributed by atoms with Crippen LogP contribution in [0.1, 0.15) is 41.1 Å². The second-order valence-electron chi connectivity index (χ2n) is 6.86. The van der Waals surface area contributed by atoms with Crippen molar-refractivity contribution in [2.24, 2.45) is 5.73 Å². The topological polar surface area (TPSA) is 102 Å². The monoisotopic (exact) mass is 386 g/mol. The third kappa shape index (κ3) is 3.50. The summed E-state index contributed by atoms with van der Waals surface area (Å²) in [7, 11) is 0. The van der Waals surface area contributed by atoms with Gasteiger partial charge in [-0.15, -0.1) is 0 Å². The molecular formula is C23H18N2O4. The molecular weight excluding hydrogens is 368 g/mol. The smallest absolute Gasteiger partial charge is 0.343 e. The molecule has 2 aliphatic rings. The lowest BCUT2D eigenvalue weighted by Crippen LogP contribution is -2.27. The molecule has 4 rings (SSSR count). The summed E-state index contributed by atoms with van der Waals surface area (Å²) >= 11 is 0. The lowest BCUT2D eigenvalue weighted by Gasteiger charge is -2.31. The molecule has 1 atom stereocenters. The van der Waals surface area contributed by atoms with Crippen LogP contribution in [0.5, 0.6) is 5.75 Å². The summed E-state index contributed by atoms with van der Waals surface area (Å²) in [5, 5.41) is 9.60. The van der Waals surface area contributed by atoms with Gasteiger partial charge < -0.3 is 15.2 Å². The molecule has 1 unspecified atom stereocenters. The van der Waals surface area contributed by atoms with Crippen molar-refractivity contribution < 1.29 is 19.1 Å². The van der Waals surface area contributed by atoms with Crippen molar-refractivity contribution in [2.75, 3.05) is 0 Å². The third-order valence-corrected chi connectivity index (χ3v) is 5.04. The first-order valence-electron chi connectivity index (χ1n) is 9.29. The second kappa shape index (κ2) is 7.64. The molecule has 29 heavy (non-hydrogen) atoms. The molecule has 0 spiro atoms. The van der Waals surface area contributed by atoms with Gasteiger partial charge in [-0.1, -0.05) is 30.3 Å². The molecule has 0 saturated carbocycles. The van der Waals surface area contributed by atoms with E-state index in [1.165, 1.54) is 0 Å². The van der Waals surface area contributed by atoms with E-state index in [1.54, 1.807) is 48.5 Å². The van der Waals surface area contributed by atoms with E-state index in [9.17, 15) is 14.9 Å². The molecule has 0 amide bonds. The van der Waals surface area contributed by atoms with Gasteiger partial charge >= 0.3 is 5.97 Å². The zero-order valence-corrected chi connectivity index (χ0v) is 15.6. The predicted octanol–water partition coefficient (Wildman–Crippen LogP) is 3.72. The van der Waals surface area contributed by atoms with Crippen molar-refractivity contribution in [3.05, 3.63) is 88.5 Å². The van der Waals surface area contributed by atoms with Gasteiger partial charge in [0.1, 0.15) is 23.2 Å². The highest BCUT2D eigenvalue weighted by Crippen LogP contribution is 2.43. The van der Waals surface area contributed by atoms with Crippen molar-refractivity contribution in [1.29, 1.82) is 5.26 Å². The SMILES string of the molecule is N#CC1=C(N)OC2=C(C(=O)CCC2)C1c1ccc(OC(=O)c2ccccc2)cc1. The van der Waals surface area contributed by atoms with Crippen LogP contribution in [0, 0.1) is 11.3 Å². The number of benzene rings is 2. The minimum absolute atomic E-state index is 0.0314. The van der Waals surface area contributed by atoms with Crippen LogP contribution in [0.25, 0.3) is 0 Å². The molecule has 0 bridgehead atoms. The third-order valence-electron chi connectivity index (χ3n) is 5.04. The molecule has 0 fully saturated rings. The molecule has 2 N–H and O–H groups in total. The van der Waals surface area contributed by atoms with E-state index in [2.05, 4.69) is 6.07 Å². The molecule has 2 aromatic carbocycles. The molecule has 144 valence electrons. The maximum atomic E-state index is 12.6. The molecule has 1 aliphatic carbocycles. The Morgan fingerprint density at radius 1 is 1.10 bits per heavy atom. The highest BCUT2D eigenvalue weighted by atomic mass is 16.5. The van der Waals surface area contributed by atoms with E-state index < -0.39 is 11.9 Å². The fourth-order valence-electron chi connectivity index (χ4n) is 3.66. The zero-order chi connectivity index (χ0) is 20.4. The number of carbonyl (C=O) groups excluding carboxylic acids is 2. The number of hydrogen-bond acceptors (Lipinski definition) is 6. The first kappa shape index (κ1) is 18.5. The van der Waals surface area contributed by atoms with E-state index in [0.29, 0.717) is 41.9 Å². The van der Waals surface area contributed by atoms with Crippen LogP contribution in [0.15, 0.2) is 77.4 Å². The van der Waals surface area contributed by atoms with Gasteiger partial charge in [0.25, 0.3) is 0 Å². The number of nitrogens with zero attached hydrogens (tertiary/aromatic N) is 1. The summed E-state index contributed by atoms with van der Waals surface area (Å²) in [4.78, 5) is 24.8. The summed E-state index contributed by atoms with van der Waals surface area (Å²) in [6, 6.07) is 17.5. The van der Waals surface area contributed by atoms with Crippen LogP contribution in [0.4, 0.5) is 0 Å². The largest absolute Gasteiger partial charge is 0.444 e. The number of Topliss-reactive ketones (excluding diaryl/α,β-unsaturated/α-hetero) is 1. The Morgan fingerprint density at radius 2 is 1.83 bits per heavy atom. The van der Waals surface area contributed by atoms with Crippen molar-refractivity contribution >= 4 is 11.8 Å². The number of ether oxygens (including phenoxy) is 2. The van der Waals surface area contributed by atoms with Gasteiger partial charge in [0.05, 0.1) is 11.5 Å². The fraction of sp³-hybridized carbons (Fsp3) is 0.174. The standard InChI is InChI=1S/C23H18N2O4/c24-13-17-20(21-18(26)7-4-8-19(21)29-22(17)25)14-9-11-16(12-10-14)28-23(27)15-5-2-1-3-6-15/h1-3,5-6,9-12,20H,4,7-8,25H2. The number of esters is 1. The second-order valence-corrected chi connectivity index (χ2v) is 6.86. The normalized spacial score (nSPS) is 18.6. The zero-order valence-electron chi connectivity index (χ0n) is 15.6. The number of ketones is 1. The van der Waals surface area contributed by atoms with Gasteiger partial charge in [0.2, 0.25) is 5.88 Å². The highest BCUT2D eigenvalue weighted by molar-refractivity contribution is 5.99. The Balaban J connectivity index is 1.64. The molecule has 0 saturated heterocycles. The number of rotatable bonds is 3. The maximum absolute atomic E-state index is 12.6. The highest BCUT2D eigenvalue weighted by Gasteiger charge is 2.37. The van der Waals surface area contributed by atoms with Gasteiger partial charge in [-0.25, -0.2) is 4.79 Å². The van der Waals surface area contributed by atoms with Crippen molar-refractivity contribution in [2.45, 2.75) is 25.2 Å². The van der Waals surface area contributed by atoms with E-state index in [-0.39, 0.29) is 17.2 Å². The van der Waals surface area contributed by atoms with Gasteiger partial charge in [-0.3, -0.25) is 4.79 Å². The Bertz CT molecular complexity index is 1080. The van der Waals surface area contributed by atoms with Crippen molar-refractivity contribution in [1.82, 2.24) is 0 Å². The number of carbonyl (C=O) groups is 2. The van der Waals surface area contributed by atoms with Crippen LogP contribution >= 0.6 is 0 Å². The Kier molecular flexibility index (Phi) is 4.88. The Hall–Kier alpha value is -3.85. The number of hydrogen-bond donors (Lipinski definition) is 1. The fourth-order valence-corrected chi connectivity index (χ4v) is 3.66. The van der Waals surface area contributed by atoms with E-state index in [1.807, 2.05) is 6.07 Å². The summed E-state index contributed by atoms with van der Waals surface area (Å²) in [5.41, 5.74) is 7.83. The van der Waals surface area contributed by atoms with Crippen LogP contribution in [0.3, 0.4) is 0 Å². The minimum Gasteiger partial charge on any atom is -0.444 e. The van der Waals surface area contributed by atoms with Gasteiger partial charge in [-0.2, -0.15) is 5.26 Å². The van der Waals surface area contributed by atoms with Crippen molar-refractivity contribution in [3.8, 4) is 11.8 Å². The number of nitrogens with two attached hydrogens (primary N) is 1. The average Bonchev–Trinajstić information content (AvgIpc) is 2.74. The van der Waals surface area contributed by atoms with Crippen LogP contribution < -0.4 is 10.5 Å². The van der Waals surface area contributed by atoms with Gasteiger partial charge in [0.15, 0.2) is 5.78 Å². The lowest BCUT2D eigenvalue weighted by molar-refractivity contribution is -0.116. The lowest BCUT2D eigenvalue weighted by atomic mass is 9.77. The first-order valence-corrected chi connectivity index (χ1v) is 9.29. The van der Waals surface area contributed by atoms with Crippen molar-refractivity contribution in [3.63, 3.8) is 0 Å². The Labute approximate surface area is 167 Å². The predicted molar refractivity (Wildman–Crippen MR) is 104 cm³/mol. The van der Waals surface area contributed by atoms with Gasteiger partial charge in [-0.05, 0) is 36.2 Å². The van der Waals surface area contributed by atoms with Crippen LogP contribution in [-0.4, -0.2) is 11.8 Å². The minimum atomic E-state index is -0.574. The average molecular weight is 386 g/mol. The molecule has 6 nitrogen and oxygen atoms in total. The molecule has 0 radical (unpaired) electrons. The Morgan fingerprint density at radius 3 is 2.52 bits per heavy atom. The molecule has 1 heterocycles. The van der Waals surface area contributed by atoms with E-state index in [4.69, 9.17) is 15.2 Å². The number of allylic oxidation sites excluding steroid dienone is 3. The van der Waals surface area contributed by atoms with Crippen LogP contribution in [0.2, 0.25) is 0 Å². The van der Waals surface area contributed by atoms with E-state index >= 15 is 0 Å². The summed E-state index contributed by atoms with van der Waals surface area (Å²) in [6.45, 7) is 0. The summed E-state index contributed by atoms with van der Waals surface area (Å²) in [6.07, 6.45) is 1.74. The summed E-state index contributed by atoms with van der Waals surface area (Å²) in [5.74, 6) is -0.118. The first-order chi connectivity index (χ1) is 14.1. The molecule has 1 aliphatic heterocycles. The van der Waals surface area contributed by atoms with Crippen LogP contribution in [-0.2, 0) is 9.53 Å². The quantitative estimate of drug-likeness (QED) is 0.637. The molecule has 2 aromatic rings. The van der Waals surface area contributed by atoms with Gasteiger partial charge in [0, 0.05) is 18.4 Å².